The monoisotopic (exact) mass is 287 g/mol. The predicted octanol–water partition coefficient (Wildman–Crippen LogP) is 2.69. The van der Waals surface area contributed by atoms with Gasteiger partial charge in [-0.25, -0.2) is 9.18 Å². The highest BCUT2D eigenvalue weighted by atomic mass is 19.1. The number of ether oxygens (including phenoxy) is 1. The van der Waals surface area contributed by atoms with E-state index in [0.29, 0.717) is 0 Å². The third-order valence-electron chi connectivity index (χ3n) is 3.47. The summed E-state index contributed by atoms with van der Waals surface area (Å²) in [6, 6.07) is 11.4. The Morgan fingerprint density at radius 3 is 2.52 bits per heavy atom. The standard InChI is InChI=1S/C15H14FN3O2/c16-10-6-11(17)12(18)7-13(10)19-14(8-21-15(19)20)9-4-2-1-3-5-9/h1-7,14H,8,17-18H2/t14-/m1/s1. The van der Waals surface area contributed by atoms with Crippen LogP contribution in [-0.2, 0) is 4.74 Å². The number of nitrogens with zero attached hydrogens (tertiary/aromatic N) is 1. The number of hydrogen-bond donors (Lipinski definition) is 2. The molecular weight excluding hydrogens is 273 g/mol. The first-order valence-corrected chi connectivity index (χ1v) is 6.43. The number of amides is 1. The molecule has 1 fully saturated rings. The summed E-state index contributed by atoms with van der Waals surface area (Å²) in [5.74, 6) is -0.610. The zero-order valence-corrected chi connectivity index (χ0v) is 11.1. The second-order valence-electron chi connectivity index (χ2n) is 4.81. The van der Waals surface area contributed by atoms with Crippen LogP contribution in [0.15, 0.2) is 42.5 Å². The number of carbonyl (C=O) groups excluding carboxylic acids is 1. The van der Waals surface area contributed by atoms with Crippen LogP contribution in [0.1, 0.15) is 11.6 Å². The zero-order valence-electron chi connectivity index (χ0n) is 11.1. The number of carbonyl (C=O) groups is 1. The van der Waals surface area contributed by atoms with Gasteiger partial charge in [-0.05, 0) is 11.6 Å². The fraction of sp³-hybridized carbons (Fsp3) is 0.133. The summed E-state index contributed by atoms with van der Waals surface area (Å²) >= 11 is 0. The molecule has 0 spiro atoms. The minimum Gasteiger partial charge on any atom is -0.447 e. The van der Waals surface area contributed by atoms with Gasteiger partial charge in [0.15, 0.2) is 0 Å². The number of nitrogen functional groups attached to an aromatic ring is 2. The van der Waals surface area contributed by atoms with Crippen molar-refractivity contribution in [3.05, 3.63) is 53.8 Å². The third kappa shape index (κ3) is 2.24. The summed E-state index contributed by atoms with van der Waals surface area (Å²) in [5, 5.41) is 0. The summed E-state index contributed by atoms with van der Waals surface area (Å²) < 4.78 is 19.2. The first kappa shape index (κ1) is 13.2. The van der Waals surface area contributed by atoms with E-state index < -0.39 is 18.0 Å². The van der Waals surface area contributed by atoms with Gasteiger partial charge in [-0.3, -0.25) is 4.90 Å². The van der Waals surface area contributed by atoms with Gasteiger partial charge >= 0.3 is 6.09 Å². The van der Waals surface area contributed by atoms with Gasteiger partial charge in [0.25, 0.3) is 0 Å². The molecule has 1 aliphatic rings. The molecular formula is C15H14FN3O2. The number of nitrogens with two attached hydrogens (primary N) is 2. The van der Waals surface area contributed by atoms with Crippen molar-refractivity contribution in [3.63, 3.8) is 0 Å². The van der Waals surface area contributed by atoms with E-state index in [4.69, 9.17) is 16.2 Å². The van der Waals surface area contributed by atoms with Gasteiger partial charge in [0.05, 0.1) is 23.1 Å². The number of cyclic esters (lactones) is 1. The molecule has 1 atom stereocenters. The number of rotatable bonds is 2. The van der Waals surface area contributed by atoms with Crippen molar-refractivity contribution < 1.29 is 13.9 Å². The van der Waals surface area contributed by atoms with Crippen molar-refractivity contribution in [1.29, 1.82) is 0 Å². The molecule has 1 aliphatic heterocycles. The fourth-order valence-corrected chi connectivity index (χ4v) is 2.39. The molecule has 5 nitrogen and oxygen atoms in total. The molecule has 0 aromatic heterocycles. The van der Waals surface area contributed by atoms with E-state index in [-0.39, 0.29) is 23.7 Å². The molecule has 1 saturated heterocycles. The molecule has 0 bridgehead atoms. The van der Waals surface area contributed by atoms with Crippen LogP contribution in [0.5, 0.6) is 0 Å². The molecule has 6 heteroatoms. The second-order valence-corrected chi connectivity index (χ2v) is 4.81. The highest BCUT2D eigenvalue weighted by Crippen LogP contribution is 2.36. The molecule has 0 aliphatic carbocycles. The molecule has 0 saturated carbocycles. The Balaban J connectivity index is 2.06. The Morgan fingerprint density at radius 1 is 1.14 bits per heavy atom. The smallest absolute Gasteiger partial charge is 0.415 e. The van der Waals surface area contributed by atoms with E-state index in [9.17, 15) is 9.18 Å². The van der Waals surface area contributed by atoms with Crippen LogP contribution in [0.2, 0.25) is 0 Å². The minimum atomic E-state index is -0.610. The van der Waals surface area contributed by atoms with Crippen molar-refractivity contribution in [2.75, 3.05) is 23.0 Å². The molecule has 108 valence electrons. The summed E-state index contributed by atoms with van der Waals surface area (Å²) in [6.45, 7) is 0.159. The number of hydrogen-bond acceptors (Lipinski definition) is 4. The Labute approximate surface area is 120 Å². The van der Waals surface area contributed by atoms with Crippen LogP contribution in [-0.4, -0.2) is 12.7 Å². The van der Waals surface area contributed by atoms with Crippen LogP contribution >= 0.6 is 0 Å². The SMILES string of the molecule is Nc1cc(F)c(N2C(=O)OC[C@@H]2c2ccccc2)cc1N. The summed E-state index contributed by atoms with van der Waals surface area (Å²) in [5.41, 5.74) is 12.6. The lowest BCUT2D eigenvalue weighted by Gasteiger charge is -2.23. The Kier molecular flexibility index (Phi) is 3.13. The fourth-order valence-electron chi connectivity index (χ4n) is 2.39. The highest BCUT2D eigenvalue weighted by Gasteiger charge is 2.37. The molecule has 0 radical (unpaired) electrons. The van der Waals surface area contributed by atoms with Crippen molar-refractivity contribution in [2.24, 2.45) is 0 Å². The molecule has 21 heavy (non-hydrogen) atoms. The first-order chi connectivity index (χ1) is 10.1. The van der Waals surface area contributed by atoms with E-state index in [1.807, 2.05) is 30.3 Å². The lowest BCUT2D eigenvalue weighted by molar-refractivity contribution is 0.179. The lowest BCUT2D eigenvalue weighted by Crippen LogP contribution is -2.28. The largest absolute Gasteiger partial charge is 0.447 e. The summed E-state index contributed by atoms with van der Waals surface area (Å²) in [6.07, 6.45) is -0.605. The predicted molar refractivity (Wildman–Crippen MR) is 78.2 cm³/mol. The Morgan fingerprint density at radius 2 is 1.81 bits per heavy atom. The van der Waals surface area contributed by atoms with Crippen molar-refractivity contribution >= 4 is 23.2 Å². The van der Waals surface area contributed by atoms with Crippen molar-refractivity contribution in [3.8, 4) is 0 Å². The highest BCUT2D eigenvalue weighted by molar-refractivity contribution is 5.92. The van der Waals surface area contributed by atoms with Gasteiger partial charge in [0.1, 0.15) is 12.4 Å². The quantitative estimate of drug-likeness (QED) is 0.832. The van der Waals surface area contributed by atoms with E-state index in [0.717, 1.165) is 11.6 Å². The van der Waals surface area contributed by atoms with Crippen LogP contribution < -0.4 is 16.4 Å². The lowest BCUT2D eigenvalue weighted by atomic mass is 10.1. The van der Waals surface area contributed by atoms with Crippen LogP contribution in [0, 0.1) is 5.82 Å². The van der Waals surface area contributed by atoms with Gasteiger partial charge in [-0.15, -0.1) is 0 Å². The molecule has 1 amide bonds. The molecule has 2 aromatic rings. The Hall–Kier alpha value is -2.76. The van der Waals surface area contributed by atoms with Gasteiger partial charge in [0, 0.05) is 6.07 Å². The summed E-state index contributed by atoms with van der Waals surface area (Å²) in [4.78, 5) is 13.2. The molecule has 1 heterocycles. The summed E-state index contributed by atoms with van der Waals surface area (Å²) in [7, 11) is 0. The number of halogens is 1. The second kappa shape index (κ2) is 4.97. The number of benzene rings is 2. The molecule has 3 rings (SSSR count). The van der Waals surface area contributed by atoms with Gasteiger partial charge in [-0.1, -0.05) is 30.3 Å². The third-order valence-corrected chi connectivity index (χ3v) is 3.47. The maximum Gasteiger partial charge on any atom is 0.415 e. The average molecular weight is 287 g/mol. The Bertz CT molecular complexity index is 691. The molecule has 4 N–H and O–H groups in total. The molecule has 0 unspecified atom stereocenters. The normalized spacial score (nSPS) is 17.9. The maximum atomic E-state index is 14.2. The van der Waals surface area contributed by atoms with E-state index in [1.165, 1.54) is 11.0 Å². The van der Waals surface area contributed by atoms with Gasteiger partial charge in [-0.2, -0.15) is 0 Å². The van der Waals surface area contributed by atoms with E-state index in [2.05, 4.69) is 0 Å². The van der Waals surface area contributed by atoms with Crippen LogP contribution in [0.3, 0.4) is 0 Å². The van der Waals surface area contributed by atoms with Crippen molar-refractivity contribution in [2.45, 2.75) is 6.04 Å². The van der Waals surface area contributed by atoms with Crippen LogP contribution in [0.4, 0.5) is 26.2 Å². The first-order valence-electron chi connectivity index (χ1n) is 6.43. The molecule has 2 aromatic carbocycles. The average Bonchev–Trinajstić information content (AvgIpc) is 2.85. The van der Waals surface area contributed by atoms with Crippen LogP contribution in [0.25, 0.3) is 0 Å². The number of anilines is 3. The van der Waals surface area contributed by atoms with Gasteiger partial charge < -0.3 is 16.2 Å². The van der Waals surface area contributed by atoms with Crippen molar-refractivity contribution in [1.82, 2.24) is 0 Å². The van der Waals surface area contributed by atoms with E-state index >= 15 is 0 Å². The zero-order chi connectivity index (χ0) is 15.0. The van der Waals surface area contributed by atoms with E-state index in [1.54, 1.807) is 0 Å². The maximum absolute atomic E-state index is 14.2. The minimum absolute atomic E-state index is 0.0676. The topological polar surface area (TPSA) is 81.6 Å². The van der Waals surface area contributed by atoms with Gasteiger partial charge in [0.2, 0.25) is 0 Å².